The van der Waals surface area contributed by atoms with Crippen molar-refractivity contribution in [2.75, 3.05) is 41.0 Å². The summed E-state index contributed by atoms with van der Waals surface area (Å²) < 4.78 is 17.2. The lowest BCUT2D eigenvalue weighted by atomic mass is 10.0. The third-order valence-corrected chi connectivity index (χ3v) is 11.2. The predicted octanol–water partition coefficient (Wildman–Crippen LogP) is 13.2. The third-order valence-electron chi connectivity index (χ3n) is 11.2. The van der Waals surface area contributed by atoms with Crippen LogP contribution in [0.4, 0.5) is 0 Å². The number of unbranched alkanes of at least 4 members (excludes halogenated alkanes) is 21. The minimum absolute atomic E-state index is 0.0301. The Labute approximate surface area is 381 Å². The number of hydrogen-bond acceptors (Lipinski definition) is 7. The first-order valence-corrected chi connectivity index (χ1v) is 25.3. The van der Waals surface area contributed by atoms with E-state index >= 15 is 0 Å². The number of carbonyl (C=O) groups is 3. The number of hydrogen-bond donors (Lipinski definition) is 0. The van der Waals surface area contributed by atoms with Gasteiger partial charge >= 0.3 is 11.9 Å². The highest BCUT2D eigenvalue weighted by molar-refractivity contribution is 5.70. The minimum Gasteiger partial charge on any atom is -0.544 e. The number of ether oxygens (including phenoxy) is 3. The SMILES string of the molecule is CC/C=C/C/C=C/C/C=C/C/C=C/C/C=C/CCCCCCC(=O)OC(COCCC(C(=O)[O-])[N+](C)(C)C)COC(=O)CCCCCCCCCCCCCCCCCCCC. The van der Waals surface area contributed by atoms with Gasteiger partial charge in [0.1, 0.15) is 12.6 Å². The average Bonchev–Trinajstić information content (AvgIpc) is 3.23. The van der Waals surface area contributed by atoms with Crippen molar-refractivity contribution in [1.29, 1.82) is 0 Å². The fraction of sp³-hybridized carbons (Fsp3) is 0.759. The van der Waals surface area contributed by atoms with Crippen molar-refractivity contribution in [2.24, 2.45) is 0 Å². The molecule has 0 rings (SSSR count). The van der Waals surface area contributed by atoms with Gasteiger partial charge in [-0.3, -0.25) is 9.59 Å². The zero-order valence-corrected chi connectivity index (χ0v) is 40.8. The van der Waals surface area contributed by atoms with Gasteiger partial charge in [0.05, 0.1) is 40.3 Å². The molecule has 0 aromatic carbocycles. The Kier molecular flexibility index (Phi) is 42.5. The molecule has 0 amide bonds. The summed E-state index contributed by atoms with van der Waals surface area (Å²) in [5.41, 5.74) is 0. The van der Waals surface area contributed by atoms with E-state index in [1.165, 1.54) is 96.3 Å². The zero-order valence-electron chi connectivity index (χ0n) is 40.8. The van der Waals surface area contributed by atoms with E-state index in [9.17, 15) is 19.5 Å². The van der Waals surface area contributed by atoms with E-state index in [0.29, 0.717) is 12.8 Å². The van der Waals surface area contributed by atoms with Crippen LogP contribution in [0.5, 0.6) is 0 Å². The van der Waals surface area contributed by atoms with E-state index in [1.54, 1.807) is 21.1 Å². The summed E-state index contributed by atoms with van der Waals surface area (Å²) >= 11 is 0. The first-order chi connectivity index (χ1) is 30.1. The molecule has 0 spiro atoms. The van der Waals surface area contributed by atoms with E-state index in [1.807, 2.05) is 0 Å². The molecular weight excluding hydrogens is 775 g/mol. The van der Waals surface area contributed by atoms with Crippen LogP contribution in [0.2, 0.25) is 0 Å². The van der Waals surface area contributed by atoms with Gasteiger partial charge in [-0.05, 0) is 57.8 Å². The molecular formula is C54H95NO7. The first kappa shape index (κ1) is 59.0. The number of carbonyl (C=O) groups excluding carboxylic acids is 3. The van der Waals surface area contributed by atoms with Gasteiger partial charge in [-0.2, -0.15) is 0 Å². The van der Waals surface area contributed by atoms with E-state index in [-0.39, 0.29) is 42.7 Å². The fourth-order valence-electron chi connectivity index (χ4n) is 7.27. The second-order valence-electron chi connectivity index (χ2n) is 18.0. The van der Waals surface area contributed by atoms with Crippen LogP contribution in [-0.2, 0) is 28.6 Å². The largest absolute Gasteiger partial charge is 0.544 e. The smallest absolute Gasteiger partial charge is 0.306 e. The molecule has 0 aromatic rings. The second kappa shape index (κ2) is 44.6. The Balaban J connectivity index is 4.31. The zero-order chi connectivity index (χ0) is 45.6. The van der Waals surface area contributed by atoms with Crippen molar-refractivity contribution in [3.8, 4) is 0 Å². The van der Waals surface area contributed by atoms with E-state index in [4.69, 9.17) is 14.2 Å². The summed E-state index contributed by atoms with van der Waals surface area (Å²) in [6.45, 7) is 4.54. The van der Waals surface area contributed by atoms with E-state index < -0.39 is 18.1 Å². The van der Waals surface area contributed by atoms with Crippen molar-refractivity contribution in [3.63, 3.8) is 0 Å². The number of nitrogens with zero attached hydrogens (tertiary/aromatic N) is 1. The second-order valence-corrected chi connectivity index (χ2v) is 18.0. The molecule has 0 aliphatic carbocycles. The van der Waals surface area contributed by atoms with Crippen LogP contribution in [0, 0.1) is 0 Å². The molecule has 8 heteroatoms. The highest BCUT2D eigenvalue weighted by atomic mass is 16.6. The van der Waals surface area contributed by atoms with Gasteiger partial charge in [-0.15, -0.1) is 0 Å². The molecule has 358 valence electrons. The van der Waals surface area contributed by atoms with Gasteiger partial charge in [0.15, 0.2) is 6.10 Å². The van der Waals surface area contributed by atoms with Gasteiger partial charge in [-0.1, -0.05) is 197 Å². The first-order valence-electron chi connectivity index (χ1n) is 25.3. The van der Waals surface area contributed by atoms with Crippen LogP contribution in [0.3, 0.4) is 0 Å². The molecule has 0 saturated heterocycles. The number of carboxylic acids is 1. The number of quaternary nitrogens is 1. The molecule has 0 radical (unpaired) electrons. The van der Waals surface area contributed by atoms with Crippen LogP contribution in [0.15, 0.2) is 60.8 Å². The van der Waals surface area contributed by atoms with Gasteiger partial charge in [0, 0.05) is 19.3 Å². The lowest BCUT2D eigenvalue weighted by Crippen LogP contribution is -2.55. The van der Waals surface area contributed by atoms with Gasteiger partial charge in [0.25, 0.3) is 0 Å². The number of esters is 2. The molecule has 2 unspecified atom stereocenters. The Bertz CT molecular complexity index is 1200. The number of aliphatic carboxylic acids is 1. The summed E-state index contributed by atoms with van der Waals surface area (Å²) in [6.07, 6.45) is 55.3. The maximum absolute atomic E-state index is 12.8. The Morgan fingerprint density at radius 1 is 0.500 bits per heavy atom. The van der Waals surface area contributed by atoms with Crippen LogP contribution < -0.4 is 5.11 Å². The highest BCUT2D eigenvalue weighted by Gasteiger charge is 2.25. The lowest BCUT2D eigenvalue weighted by molar-refractivity contribution is -0.889. The molecule has 0 aromatic heterocycles. The molecule has 8 nitrogen and oxygen atoms in total. The summed E-state index contributed by atoms with van der Waals surface area (Å²) in [5, 5.41) is 11.7. The number of likely N-dealkylation sites (N-methyl/N-ethyl adjacent to an activating group) is 1. The molecule has 0 saturated carbocycles. The summed E-state index contributed by atoms with van der Waals surface area (Å²) in [7, 11) is 5.40. The van der Waals surface area contributed by atoms with Gasteiger partial charge in [-0.25, -0.2) is 0 Å². The van der Waals surface area contributed by atoms with E-state index in [2.05, 4.69) is 74.6 Å². The molecule has 0 heterocycles. The Morgan fingerprint density at radius 3 is 1.34 bits per heavy atom. The number of allylic oxidation sites excluding steroid dienone is 10. The predicted molar refractivity (Wildman–Crippen MR) is 259 cm³/mol. The summed E-state index contributed by atoms with van der Waals surface area (Å²) in [5.74, 6) is -1.76. The van der Waals surface area contributed by atoms with Crippen LogP contribution in [-0.4, -0.2) is 75.5 Å². The fourth-order valence-corrected chi connectivity index (χ4v) is 7.27. The molecule has 0 aliphatic heterocycles. The molecule has 0 bridgehead atoms. The Morgan fingerprint density at radius 2 is 0.903 bits per heavy atom. The Hall–Kier alpha value is -2.97. The van der Waals surface area contributed by atoms with Crippen molar-refractivity contribution >= 4 is 17.9 Å². The topological polar surface area (TPSA) is 102 Å². The standard InChI is InChI=1S/C54H95NO7/c1-6-8-10-12-14-16-18-20-22-24-26-27-29-31-33-35-37-39-41-43-45-53(57)62-50(48-60-47-46-51(54(58)59)55(3,4)5)49-61-52(56)44-42-40-38-36-34-32-30-28-25-23-21-19-17-15-13-11-9-7-2/h8,10,14,16,20,22,26-27,31,33,50-51H,6-7,9,11-13,15,17-19,21,23-25,28-30,32,34-49H2,1-5H3/b10-8+,16-14+,22-20+,27-26+,33-31+. The molecule has 62 heavy (non-hydrogen) atoms. The molecule has 2 atom stereocenters. The highest BCUT2D eigenvalue weighted by Crippen LogP contribution is 2.16. The maximum atomic E-state index is 12.8. The molecule has 0 aliphatic rings. The molecule has 0 fully saturated rings. The van der Waals surface area contributed by atoms with Gasteiger partial charge < -0.3 is 28.6 Å². The minimum atomic E-state index is -1.13. The molecule has 0 N–H and O–H groups in total. The van der Waals surface area contributed by atoms with E-state index in [0.717, 1.165) is 83.5 Å². The summed E-state index contributed by atoms with van der Waals surface area (Å²) in [4.78, 5) is 37.0. The van der Waals surface area contributed by atoms with Crippen LogP contribution >= 0.6 is 0 Å². The van der Waals surface area contributed by atoms with Gasteiger partial charge in [0.2, 0.25) is 0 Å². The number of carboxylic acid groups (broad SMARTS) is 1. The van der Waals surface area contributed by atoms with Crippen molar-refractivity contribution in [3.05, 3.63) is 60.8 Å². The normalized spacial score (nSPS) is 13.4. The van der Waals surface area contributed by atoms with Crippen molar-refractivity contribution in [1.82, 2.24) is 0 Å². The maximum Gasteiger partial charge on any atom is 0.306 e. The third kappa shape index (κ3) is 42.3. The quantitative estimate of drug-likeness (QED) is 0.0260. The van der Waals surface area contributed by atoms with Crippen LogP contribution in [0.1, 0.15) is 213 Å². The number of rotatable bonds is 45. The van der Waals surface area contributed by atoms with Crippen molar-refractivity contribution < 1.29 is 38.2 Å². The van der Waals surface area contributed by atoms with Crippen LogP contribution in [0.25, 0.3) is 0 Å². The average molecular weight is 870 g/mol. The lowest BCUT2D eigenvalue weighted by Gasteiger charge is -2.34. The monoisotopic (exact) mass is 870 g/mol. The summed E-state index contributed by atoms with van der Waals surface area (Å²) in [6, 6.07) is -0.732. The van der Waals surface area contributed by atoms with Crippen molar-refractivity contribution in [2.45, 2.75) is 225 Å².